The number of rotatable bonds is 5. The number of halogens is 1. The zero-order chi connectivity index (χ0) is 20.3. The van der Waals surface area contributed by atoms with E-state index >= 15 is 0 Å². The zero-order valence-corrected chi connectivity index (χ0v) is 15.9. The van der Waals surface area contributed by atoms with Gasteiger partial charge in [0, 0.05) is 28.1 Å². The average molecular weight is 401 g/mol. The van der Waals surface area contributed by atoms with Crippen LogP contribution >= 0.6 is 11.6 Å². The van der Waals surface area contributed by atoms with Crippen molar-refractivity contribution >= 4 is 40.1 Å². The summed E-state index contributed by atoms with van der Waals surface area (Å²) in [6, 6.07) is 11.2. The zero-order valence-electron chi connectivity index (χ0n) is 15.2. The van der Waals surface area contributed by atoms with Gasteiger partial charge in [-0.25, -0.2) is 4.79 Å². The van der Waals surface area contributed by atoms with Crippen LogP contribution in [0, 0.1) is 6.92 Å². The molecule has 0 unspecified atom stereocenters. The van der Waals surface area contributed by atoms with Gasteiger partial charge in [-0.2, -0.15) is 0 Å². The molecule has 2 N–H and O–H groups in total. The highest BCUT2D eigenvalue weighted by molar-refractivity contribution is 6.31. The standard InChI is InChI=1S/C20H17ClN2O5/c1-11-7-16(17(27-2)9-14(11)21)23-19(25)10-28-20(26)13-8-18(24)22-15-6-4-3-5-12(13)15/h3-9H,10H2,1-2H3,(H,22,24)(H,23,25). The van der Waals surface area contributed by atoms with E-state index in [1.165, 1.54) is 7.11 Å². The fourth-order valence-electron chi connectivity index (χ4n) is 2.70. The van der Waals surface area contributed by atoms with Gasteiger partial charge < -0.3 is 19.8 Å². The first-order chi connectivity index (χ1) is 13.4. The van der Waals surface area contributed by atoms with E-state index in [0.717, 1.165) is 11.6 Å². The molecule has 0 atom stereocenters. The van der Waals surface area contributed by atoms with Crippen LogP contribution in [0.5, 0.6) is 5.75 Å². The Bertz CT molecular complexity index is 1120. The van der Waals surface area contributed by atoms with E-state index in [1.54, 1.807) is 43.3 Å². The third-order valence-electron chi connectivity index (χ3n) is 4.06. The minimum absolute atomic E-state index is 0.0899. The van der Waals surface area contributed by atoms with Crippen molar-refractivity contribution in [1.29, 1.82) is 0 Å². The molecule has 2 aromatic carbocycles. The molecule has 0 bridgehead atoms. The summed E-state index contributed by atoms with van der Waals surface area (Å²) in [7, 11) is 1.45. The number of anilines is 1. The molecular weight excluding hydrogens is 384 g/mol. The summed E-state index contributed by atoms with van der Waals surface area (Å²) >= 11 is 6.04. The lowest BCUT2D eigenvalue weighted by Gasteiger charge is -2.12. The molecule has 3 rings (SSSR count). The van der Waals surface area contributed by atoms with E-state index < -0.39 is 24.0 Å². The molecule has 1 aromatic heterocycles. The molecule has 0 aliphatic carbocycles. The lowest BCUT2D eigenvalue weighted by molar-refractivity contribution is -0.119. The quantitative estimate of drug-likeness (QED) is 0.640. The van der Waals surface area contributed by atoms with Crippen LogP contribution in [-0.4, -0.2) is 30.6 Å². The average Bonchev–Trinajstić information content (AvgIpc) is 2.68. The molecule has 3 aromatic rings. The van der Waals surface area contributed by atoms with E-state index in [0.29, 0.717) is 27.4 Å². The lowest BCUT2D eigenvalue weighted by Crippen LogP contribution is -2.22. The predicted molar refractivity (Wildman–Crippen MR) is 106 cm³/mol. The van der Waals surface area contributed by atoms with Gasteiger partial charge in [0.2, 0.25) is 5.56 Å². The maximum atomic E-state index is 12.4. The summed E-state index contributed by atoms with van der Waals surface area (Å²) < 4.78 is 10.3. The van der Waals surface area contributed by atoms with Crippen molar-refractivity contribution in [1.82, 2.24) is 4.98 Å². The van der Waals surface area contributed by atoms with Gasteiger partial charge in [0.05, 0.1) is 18.4 Å². The summed E-state index contributed by atoms with van der Waals surface area (Å²) in [4.78, 5) is 39.0. The van der Waals surface area contributed by atoms with Gasteiger partial charge in [0.25, 0.3) is 5.91 Å². The van der Waals surface area contributed by atoms with Crippen molar-refractivity contribution in [2.75, 3.05) is 19.0 Å². The summed E-state index contributed by atoms with van der Waals surface area (Å²) in [5.41, 5.74) is 1.33. The second kappa shape index (κ2) is 8.14. The number of esters is 1. The number of carbonyl (C=O) groups is 2. The smallest absolute Gasteiger partial charge is 0.339 e. The number of amides is 1. The number of aromatic amines is 1. The number of aryl methyl sites for hydroxylation is 1. The Balaban J connectivity index is 1.73. The number of fused-ring (bicyclic) bond motifs is 1. The second-order valence-electron chi connectivity index (χ2n) is 6.02. The number of nitrogens with one attached hydrogen (secondary N) is 2. The molecular formula is C20H17ClN2O5. The topological polar surface area (TPSA) is 97.5 Å². The van der Waals surface area contributed by atoms with Gasteiger partial charge in [0.15, 0.2) is 6.61 Å². The number of pyridine rings is 1. The van der Waals surface area contributed by atoms with Crippen LogP contribution in [0.3, 0.4) is 0 Å². The first-order valence-electron chi connectivity index (χ1n) is 8.32. The largest absolute Gasteiger partial charge is 0.495 e. The van der Waals surface area contributed by atoms with E-state index in [4.69, 9.17) is 21.1 Å². The van der Waals surface area contributed by atoms with Crippen LogP contribution in [0.2, 0.25) is 5.02 Å². The Morgan fingerprint density at radius 3 is 2.68 bits per heavy atom. The fraction of sp³-hybridized carbons (Fsp3) is 0.150. The molecule has 0 aliphatic heterocycles. The van der Waals surface area contributed by atoms with Crippen LogP contribution in [0.25, 0.3) is 10.9 Å². The number of carbonyl (C=O) groups excluding carboxylic acids is 2. The van der Waals surface area contributed by atoms with E-state index in [2.05, 4.69) is 10.3 Å². The predicted octanol–water partition coefficient (Wildman–Crippen LogP) is 3.29. The Kier molecular flexibility index (Phi) is 5.65. The number of benzene rings is 2. The van der Waals surface area contributed by atoms with Crippen LogP contribution in [-0.2, 0) is 9.53 Å². The van der Waals surface area contributed by atoms with Crippen molar-refractivity contribution in [3.8, 4) is 5.75 Å². The number of H-pyrrole nitrogens is 1. The van der Waals surface area contributed by atoms with Gasteiger partial charge >= 0.3 is 5.97 Å². The highest BCUT2D eigenvalue weighted by Gasteiger charge is 2.16. The molecule has 0 fully saturated rings. The third kappa shape index (κ3) is 4.15. The van der Waals surface area contributed by atoms with Crippen LogP contribution in [0.15, 0.2) is 47.3 Å². The molecule has 1 heterocycles. The second-order valence-corrected chi connectivity index (χ2v) is 6.43. The molecule has 8 heteroatoms. The minimum Gasteiger partial charge on any atom is -0.495 e. The maximum absolute atomic E-state index is 12.4. The summed E-state index contributed by atoms with van der Waals surface area (Å²) in [6.07, 6.45) is 0. The molecule has 0 radical (unpaired) electrons. The molecule has 0 saturated heterocycles. The lowest BCUT2D eigenvalue weighted by atomic mass is 10.1. The first kappa shape index (κ1) is 19.4. The molecule has 0 aliphatic rings. The van der Waals surface area contributed by atoms with Crippen molar-refractivity contribution in [2.45, 2.75) is 6.92 Å². The van der Waals surface area contributed by atoms with E-state index in [-0.39, 0.29) is 5.56 Å². The molecule has 0 saturated carbocycles. The fourth-order valence-corrected chi connectivity index (χ4v) is 2.85. The van der Waals surface area contributed by atoms with Gasteiger partial charge in [0.1, 0.15) is 5.75 Å². The van der Waals surface area contributed by atoms with Crippen molar-refractivity contribution < 1.29 is 19.1 Å². The summed E-state index contributed by atoms with van der Waals surface area (Å²) in [6.45, 7) is 1.26. The Morgan fingerprint density at radius 1 is 1.18 bits per heavy atom. The summed E-state index contributed by atoms with van der Waals surface area (Å²) in [5.74, 6) is -0.935. The maximum Gasteiger partial charge on any atom is 0.339 e. The van der Waals surface area contributed by atoms with E-state index in [9.17, 15) is 14.4 Å². The molecule has 0 spiro atoms. The highest BCUT2D eigenvalue weighted by atomic mass is 35.5. The first-order valence-corrected chi connectivity index (χ1v) is 8.70. The minimum atomic E-state index is -0.767. The number of hydrogen-bond acceptors (Lipinski definition) is 5. The van der Waals surface area contributed by atoms with Crippen molar-refractivity contribution in [2.24, 2.45) is 0 Å². The van der Waals surface area contributed by atoms with Crippen molar-refractivity contribution in [3.05, 3.63) is 69.0 Å². The van der Waals surface area contributed by atoms with Gasteiger partial charge in [-0.15, -0.1) is 0 Å². The number of methoxy groups -OCH3 is 1. The number of hydrogen-bond donors (Lipinski definition) is 2. The summed E-state index contributed by atoms with van der Waals surface area (Å²) in [5, 5.41) is 3.65. The van der Waals surface area contributed by atoms with Crippen LogP contribution in [0.4, 0.5) is 5.69 Å². The van der Waals surface area contributed by atoms with Crippen LogP contribution in [0.1, 0.15) is 15.9 Å². The number of aromatic nitrogens is 1. The molecule has 144 valence electrons. The van der Waals surface area contributed by atoms with Crippen molar-refractivity contribution in [3.63, 3.8) is 0 Å². The molecule has 1 amide bonds. The SMILES string of the molecule is COc1cc(Cl)c(C)cc1NC(=O)COC(=O)c1cc(=O)[nH]c2ccccc12. The number of para-hydroxylation sites is 1. The Labute approximate surface area is 165 Å². The van der Waals surface area contributed by atoms with Crippen LogP contribution < -0.4 is 15.6 Å². The van der Waals surface area contributed by atoms with Gasteiger partial charge in [-0.05, 0) is 24.6 Å². The normalized spacial score (nSPS) is 10.5. The number of ether oxygens (including phenoxy) is 2. The Hall–Kier alpha value is -3.32. The molecule has 28 heavy (non-hydrogen) atoms. The highest BCUT2D eigenvalue weighted by Crippen LogP contribution is 2.30. The van der Waals surface area contributed by atoms with Gasteiger partial charge in [-0.1, -0.05) is 29.8 Å². The Morgan fingerprint density at radius 2 is 1.93 bits per heavy atom. The monoisotopic (exact) mass is 400 g/mol. The molecule has 7 nitrogen and oxygen atoms in total. The third-order valence-corrected chi connectivity index (χ3v) is 4.47. The van der Waals surface area contributed by atoms with E-state index in [1.807, 2.05) is 0 Å². The van der Waals surface area contributed by atoms with Gasteiger partial charge in [-0.3, -0.25) is 9.59 Å².